The molecule has 1 atom stereocenters. The standard InChI is InChI=1S/C21H20N4O4S/c1-13-4-9-16(30(3)28)10-17(13)25-19-18(22-12-23-19)20(26)24(21(25)27)11-14-5-7-15(29-2)8-6-14/h4-10,12H,11H2,1-3H3,(H,22,23)/t30-/m1/s1. The van der Waals surface area contributed by atoms with Crippen LogP contribution in [0.1, 0.15) is 11.1 Å². The van der Waals surface area contributed by atoms with Crippen LogP contribution in [0.25, 0.3) is 16.9 Å². The SMILES string of the molecule is COc1ccc(Cn2c(=O)c3[nH]cnc3n(-c3cc([S@@](C)=O)ccc3C)c2=O)cc1. The van der Waals surface area contributed by atoms with Crippen molar-refractivity contribution in [2.75, 3.05) is 13.4 Å². The number of rotatable bonds is 5. The van der Waals surface area contributed by atoms with E-state index in [1.807, 2.05) is 6.92 Å². The van der Waals surface area contributed by atoms with Gasteiger partial charge in [0, 0.05) is 22.0 Å². The van der Waals surface area contributed by atoms with Crippen molar-refractivity contribution in [3.63, 3.8) is 0 Å². The maximum atomic E-state index is 13.4. The van der Waals surface area contributed by atoms with Crippen LogP contribution >= 0.6 is 0 Å². The summed E-state index contributed by atoms with van der Waals surface area (Å²) in [6, 6.07) is 12.4. The summed E-state index contributed by atoms with van der Waals surface area (Å²) >= 11 is 0. The first-order valence-corrected chi connectivity index (χ1v) is 10.7. The topological polar surface area (TPSA) is 99.0 Å². The molecule has 0 fully saturated rings. The van der Waals surface area contributed by atoms with Gasteiger partial charge in [-0.1, -0.05) is 18.2 Å². The molecule has 0 amide bonds. The second-order valence-electron chi connectivity index (χ2n) is 6.86. The predicted molar refractivity (Wildman–Crippen MR) is 115 cm³/mol. The van der Waals surface area contributed by atoms with E-state index >= 15 is 0 Å². The Balaban J connectivity index is 1.96. The third-order valence-corrected chi connectivity index (χ3v) is 5.88. The fourth-order valence-electron chi connectivity index (χ4n) is 3.33. The Bertz CT molecular complexity index is 1380. The highest BCUT2D eigenvalue weighted by Crippen LogP contribution is 2.19. The minimum Gasteiger partial charge on any atom is -0.497 e. The van der Waals surface area contributed by atoms with Crippen molar-refractivity contribution in [2.24, 2.45) is 0 Å². The number of aryl methyl sites for hydroxylation is 1. The lowest BCUT2D eigenvalue weighted by Gasteiger charge is -2.14. The third-order valence-electron chi connectivity index (χ3n) is 4.97. The molecule has 2 heterocycles. The number of methoxy groups -OCH3 is 1. The molecule has 0 bridgehead atoms. The highest BCUT2D eigenvalue weighted by atomic mass is 32.2. The minimum atomic E-state index is -1.22. The molecule has 4 rings (SSSR count). The normalized spacial score (nSPS) is 12.2. The highest BCUT2D eigenvalue weighted by molar-refractivity contribution is 7.84. The van der Waals surface area contributed by atoms with Gasteiger partial charge >= 0.3 is 5.69 Å². The van der Waals surface area contributed by atoms with E-state index < -0.39 is 22.0 Å². The number of ether oxygens (including phenoxy) is 1. The summed E-state index contributed by atoms with van der Waals surface area (Å²) in [6.45, 7) is 1.94. The number of nitrogens with one attached hydrogen (secondary N) is 1. The number of aromatic nitrogens is 4. The lowest BCUT2D eigenvalue weighted by molar-refractivity contribution is 0.414. The van der Waals surface area contributed by atoms with Gasteiger partial charge < -0.3 is 9.72 Å². The first-order chi connectivity index (χ1) is 14.4. The molecule has 0 saturated carbocycles. The van der Waals surface area contributed by atoms with Crippen LogP contribution in [0, 0.1) is 6.92 Å². The van der Waals surface area contributed by atoms with Gasteiger partial charge in [-0.2, -0.15) is 0 Å². The molecule has 0 aliphatic rings. The molecule has 154 valence electrons. The van der Waals surface area contributed by atoms with E-state index in [-0.39, 0.29) is 17.7 Å². The first kappa shape index (κ1) is 19.8. The van der Waals surface area contributed by atoms with E-state index in [1.54, 1.807) is 55.8 Å². The minimum absolute atomic E-state index is 0.0923. The molecule has 2 aromatic heterocycles. The van der Waals surface area contributed by atoms with Gasteiger partial charge in [-0.15, -0.1) is 0 Å². The summed E-state index contributed by atoms with van der Waals surface area (Å²) in [4.78, 5) is 34.1. The third kappa shape index (κ3) is 3.37. The monoisotopic (exact) mass is 424 g/mol. The first-order valence-electron chi connectivity index (χ1n) is 9.17. The Kier molecular flexibility index (Phi) is 5.13. The van der Waals surface area contributed by atoms with E-state index in [4.69, 9.17) is 4.74 Å². The lowest BCUT2D eigenvalue weighted by atomic mass is 10.2. The number of hydrogen-bond acceptors (Lipinski definition) is 5. The van der Waals surface area contributed by atoms with Crippen molar-refractivity contribution in [2.45, 2.75) is 18.4 Å². The summed E-state index contributed by atoms with van der Waals surface area (Å²) in [5.74, 6) is 0.688. The zero-order valence-electron chi connectivity index (χ0n) is 16.7. The number of fused-ring (bicyclic) bond motifs is 1. The molecule has 2 aromatic carbocycles. The van der Waals surface area contributed by atoms with Crippen LogP contribution in [0.2, 0.25) is 0 Å². The van der Waals surface area contributed by atoms with Crippen molar-refractivity contribution in [3.05, 3.63) is 80.8 Å². The van der Waals surface area contributed by atoms with Gasteiger partial charge in [0.25, 0.3) is 5.56 Å². The van der Waals surface area contributed by atoms with Crippen LogP contribution in [-0.2, 0) is 17.3 Å². The largest absolute Gasteiger partial charge is 0.497 e. The van der Waals surface area contributed by atoms with Crippen LogP contribution in [0.5, 0.6) is 5.75 Å². The summed E-state index contributed by atoms with van der Waals surface area (Å²) in [5.41, 5.74) is 1.60. The van der Waals surface area contributed by atoms with Gasteiger partial charge in [-0.05, 0) is 42.3 Å². The molecule has 4 aromatic rings. The molecule has 0 radical (unpaired) electrons. The molecule has 0 saturated heterocycles. The van der Waals surface area contributed by atoms with Gasteiger partial charge in [0.15, 0.2) is 5.65 Å². The zero-order chi connectivity index (χ0) is 21.4. The summed E-state index contributed by atoms with van der Waals surface area (Å²) in [7, 11) is 0.353. The van der Waals surface area contributed by atoms with E-state index in [0.29, 0.717) is 16.3 Å². The molecule has 9 heteroatoms. The Morgan fingerprint density at radius 1 is 1.13 bits per heavy atom. The Morgan fingerprint density at radius 3 is 2.53 bits per heavy atom. The maximum Gasteiger partial charge on any atom is 0.337 e. The smallest absolute Gasteiger partial charge is 0.337 e. The van der Waals surface area contributed by atoms with Crippen molar-refractivity contribution >= 4 is 22.0 Å². The Morgan fingerprint density at radius 2 is 1.87 bits per heavy atom. The molecule has 30 heavy (non-hydrogen) atoms. The summed E-state index contributed by atoms with van der Waals surface area (Å²) in [5, 5.41) is 0. The number of imidazole rings is 1. The number of aromatic amines is 1. The summed E-state index contributed by atoms with van der Waals surface area (Å²) < 4.78 is 19.7. The van der Waals surface area contributed by atoms with Gasteiger partial charge in [0.1, 0.15) is 11.3 Å². The van der Waals surface area contributed by atoms with Crippen LogP contribution < -0.4 is 16.0 Å². The number of benzene rings is 2. The predicted octanol–water partition coefficient (Wildman–Crippen LogP) is 1.98. The fourth-order valence-corrected chi connectivity index (χ4v) is 3.86. The average Bonchev–Trinajstić information content (AvgIpc) is 3.22. The van der Waals surface area contributed by atoms with E-state index in [1.165, 1.54) is 10.9 Å². The Labute approximate surface area is 174 Å². The van der Waals surface area contributed by atoms with Crippen molar-refractivity contribution in [1.29, 1.82) is 0 Å². The Hall–Kier alpha value is -3.46. The quantitative estimate of drug-likeness (QED) is 0.528. The summed E-state index contributed by atoms with van der Waals surface area (Å²) in [6.07, 6.45) is 2.96. The average molecular weight is 424 g/mol. The van der Waals surface area contributed by atoms with Crippen molar-refractivity contribution < 1.29 is 8.95 Å². The molecular formula is C21H20N4O4S. The molecular weight excluding hydrogens is 404 g/mol. The van der Waals surface area contributed by atoms with E-state index in [9.17, 15) is 13.8 Å². The van der Waals surface area contributed by atoms with Crippen LogP contribution in [0.4, 0.5) is 0 Å². The van der Waals surface area contributed by atoms with E-state index in [0.717, 1.165) is 15.7 Å². The van der Waals surface area contributed by atoms with Gasteiger partial charge in [0.05, 0.1) is 25.7 Å². The second-order valence-corrected chi connectivity index (χ2v) is 8.24. The lowest BCUT2D eigenvalue weighted by Crippen LogP contribution is -2.40. The molecule has 8 nitrogen and oxygen atoms in total. The molecule has 0 aliphatic heterocycles. The van der Waals surface area contributed by atoms with Crippen LogP contribution in [0.3, 0.4) is 0 Å². The number of H-pyrrole nitrogens is 1. The molecule has 0 unspecified atom stereocenters. The fraction of sp³-hybridized carbons (Fsp3) is 0.190. The van der Waals surface area contributed by atoms with E-state index in [2.05, 4.69) is 9.97 Å². The zero-order valence-corrected chi connectivity index (χ0v) is 17.5. The van der Waals surface area contributed by atoms with Gasteiger partial charge in [-0.3, -0.25) is 13.6 Å². The van der Waals surface area contributed by atoms with Gasteiger partial charge in [-0.25, -0.2) is 14.3 Å². The van der Waals surface area contributed by atoms with Crippen molar-refractivity contribution in [1.82, 2.24) is 19.1 Å². The number of hydrogen-bond donors (Lipinski definition) is 1. The molecule has 0 spiro atoms. The van der Waals surface area contributed by atoms with Crippen molar-refractivity contribution in [3.8, 4) is 11.4 Å². The highest BCUT2D eigenvalue weighted by Gasteiger charge is 2.18. The maximum absolute atomic E-state index is 13.4. The van der Waals surface area contributed by atoms with Gasteiger partial charge in [0.2, 0.25) is 0 Å². The molecule has 1 N–H and O–H groups in total. The number of nitrogens with zero attached hydrogens (tertiary/aromatic N) is 3. The molecule has 0 aliphatic carbocycles. The van der Waals surface area contributed by atoms with Crippen LogP contribution in [-0.4, -0.2) is 36.7 Å². The van der Waals surface area contributed by atoms with Crippen LogP contribution in [0.15, 0.2) is 63.3 Å². The second kappa shape index (κ2) is 7.75.